The van der Waals surface area contributed by atoms with Gasteiger partial charge in [0.1, 0.15) is 0 Å². The molecule has 0 fully saturated rings. The van der Waals surface area contributed by atoms with E-state index in [9.17, 15) is 0 Å². The molecule has 2 rings (SSSR count). The molecule has 0 saturated carbocycles. The molecule has 1 nitrogen and oxygen atoms in total. The van der Waals surface area contributed by atoms with Crippen molar-refractivity contribution in [2.45, 2.75) is 26.4 Å². The molecule has 0 spiro atoms. The van der Waals surface area contributed by atoms with Crippen molar-refractivity contribution in [3.63, 3.8) is 0 Å². The largest absolute Gasteiger partial charge is 0.306 e. The van der Waals surface area contributed by atoms with Crippen molar-refractivity contribution in [2.24, 2.45) is 0 Å². The lowest BCUT2D eigenvalue weighted by Gasteiger charge is -2.17. The summed E-state index contributed by atoms with van der Waals surface area (Å²) in [5, 5.41) is 4.94. The monoisotopic (exact) mass is 293 g/mol. The van der Waals surface area contributed by atoms with Crippen molar-refractivity contribution < 1.29 is 0 Å². The highest BCUT2D eigenvalue weighted by Crippen LogP contribution is 2.22. The second-order valence-electron chi connectivity index (χ2n) is 4.69. The Bertz CT molecular complexity index is 566. The van der Waals surface area contributed by atoms with Crippen LogP contribution in [0.5, 0.6) is 0 Å². The quantitative estimate of drug-likeness (QED) is 0.822. The molecular weight excluding hydrogens is 277 g/mol. The molecule has 0 aliphatic rings. The number of hydrogen-bond donors (Lipinski definition) is 1. The van der Waals surface area contributed by atoms with Gasteiger partial charge in [-0.25, -0.2) is 0 Å². The average molecular weight is 294 g/mol. The summed E-state index contributed by atoms with van der Waals surface area (Å²) < 4.78 is 0. The van der Waals surface area contributed by atoms with Crippen molar-refractivity contribution in [1.29, 1.82) is 0 Å². The topological polar surface area (TPSA) is 12.0 Å². The summed E-state index contributed by atoms with van der Waals surface area (Å²) >= 11 is 12.1. The average Bonchev–Trinajstić information content (AvgIpc) is 2.40. The van der Waals surface area contributed by atoms with E-state index in [2.05, 4.69) is 43.4 Å². The molecule has 19 heavy (non-hydrogen) atoms. The fourth-order valence-corrected chi connectivity index (χ4v) is 2.50. The zero-order valence-electron chi connectivity index (χ0n) is 11.1. The lowest BCUT2D eigenvalue weighted by Crippen LogP contribution is -2.19. The van der Waals surface area contributed by atoms with Crippen LogP contribution in [-0.4, -0.2) is 0 Å². The Morgan fingerprint density at radius 2 is 1.84 bits per heavy atom. The van der Waals surface area contributed by atoms with Crippen LogP contribution in [0.4, 0.5) is 0 Å². The van der Waals surface area contributed by atoms with Gasteiger partial charge in [0, 0.05) is 22.6 Å². The number of hydrogen-bond acceptors (Lipinski definition) is 1. The summed E-state index contributed by atoms with van der Waals surface area (Å²) in [5.41, 5.74) is 3.62. The molecule has 2 aromatic rings. The van der Waals surface area contributed by atoms with E-state index in [0.717, 1.165) is 10.6 Å². The van der Waals surface area contributed by atoms with Crippen LogP contribution in [0.2, 0.25) is 10.0 Å². The van der Waals surface area contributed by atoms with E-state index in [1.54, 1.807) is 6.07 Å². The standard InChI is InChI=1S/C16H17Cl2N/c1-11-5-3-4-6-15(11)12(2)19-10-13-9-14(17)7-8-16(13)18/h3-9,12,19H,10H2,1-2H3. The van der Waals surface area contributed by atoms with Gasteiger partial charge in [-0.05, 0) is 48.7 Å². The molecule has 1 atom stereocenters. The molecule has 1 N–H and O–H groups in total. The Morgan fingerprint density at radius 1 is 1.11 bits per heavy atom. The van der Waals surface area contributed by atoms with E-state index in [-0.39, 0.29) is 6.04 Å². The Balaban J connectivity index is 2.06. The third-order valence-electron chi connectivity index (χ3n) is 3.26. The molecule has 0 radical (unpaired) electrons. The summed E-state index contributed by atoms with van der Waals surface area (Å²) in [7, 11) is 0. The third kappa shape index (κ3) is 3.73. The van der Waals surface area contributed by atoms with Crippen LogP contribution in [0, 0.1) is 6.92 Å². The van der Waals surface area contributed by atoms with Gasteiger partial charge in [0.25, 0.3) is 0 Å². The molecule has 3 heteroatoms. The van der Waals surface area contributed by atoms with Gasteiger partial charge in [-0.2, -0.15) is 0 Å². The van der Waals surface area contributed by atoms with Gasteiger partial charge in [-0.3, -0.25) is 0 Å². The second-order valence-corrected chi connectivity index (χ2v) is 5.54. The molecule has 100 valence electrons. The van der Waals surface area contributed by atoms with Gasteiger partial charge in [0.2, 0.25) is 0 Å². The minimum absolute atomic E-state index is 0.274. The lowest BCUT2D eigenvalue weighted by atomic mass is 10.0. The van der Waals surface area contributed by atoms with E-state index in [4.69, 9.17) is 23.2 Å². The number of rotatable bonds is 4. The van der Waals surface area contributed by atoms with Crippen LogP contribution in [0.25, 0.3) is 0 Å². The van der Waals surface area contributed by atoms with Gasteiger partial charge in [-0.1, -0.05) is 47.5 Å². The van der Waals surface area contributed by atoms with Crippen molar-refractivity contribution >= 4 is 23.2 Å². The summed E-state index contributed by atoms with van der Waals surface area (Å²) in [4.78, 5) is 0. The molecule has 0 aromatic heterocycles. The van der Waals surface area contributed by atoms with Crippen LogP contribution in [0.1, 0.15) is 29.7 Å². The first kappa shape index (κ1) is 14.4. The zero-order chi connectivity index (χ0) is 13.8. The molecule has 0 amide bonds. The highest BCUT2D eigenvalue weighted by Gasteiger charge is 2.08. The van der Waals surface area contributed by atoms with E-state index < -0.39 is 0 Å². The maximum Gasteiger partial charge on any atom is 0.0451 e. The van der Waals surface area contributed by atoms with Crippen molar-refractivity contribution in [1.82, 2.24) is 5.32 Å². The Hall–Kier alpha value is -1.02. The first-order valence-electron chi connectivity index (χ1n) is 6.31. The lowest BCUT2D eigenvalue weighted by molar-refractivity contribution is 0.572. The summed E-state index contributed by atoms with van der Waals surface area (Å²) in [5.74, 6) is 0. The van der Waals surface area contributed by atoms with E-state index in [1.807, 2.05) is 12.1 Å². The van der Waals surface area contributed by atoms with Crippen LogP contribution in [0.3, 0.4) is 0 Å². The maximum absolute atomic E-state index is 6.16. The molecule has 0 saturated heterocycles. The Labute approximate surface area is 124 Å². The van der Waals surface area contributed by atoms with Crippen LogP contribution >= 0.6 is 23.2 Å². The number of halogens is 2. The van der Waals surface area contributed by atoms with Crippen molar-refractivity contribution in [3.05, 3.63) is 69.2 Å². The second kappa shape index (κ2) is 6.42. The minimum atomic E-state index is 0.274. The fourth-order valence-electron chi connectivity index (χ4n) is 2.12. The van der Waals surface area contributed by atoms with E-state index in [1.165, 1.54) is 11.1 Å². The van der Waals surface area contributed by atoms with Gasteiger partial charge in [-0.15, -0.1) is 0 Å². The first-order chi connectivity index (χ1) is 9.08. The smallest absolute Gasteiger partial charge is 0.0451 e. The van der Waals surface area contributed by atoms with Gasteiger partial charge in [0.15, 0.2) is 0 Å². The van der Waals surface area contributed by atoms with Gasteiger partial charge < -0.3 is 5.32 Å². The summed E-state index contributed by atoms with van der Waals surface area (Å²) in [6, 6.07) is 14.2. The van der Waals surface area contributed by atoms with E-state index in [0.29, 0.717) is 11.6 Å². The van der Waals surface area contributed by atoms with Crippen LogP contribution in [-0.2, 0) is 6.54 Å². The van der Waals surface area contributed by atoms with Gasteiger partial charge in [0.05, 0.1) is 0 Å². The first-order valence-corrected chi connectivity index (χ1v) is 7.06. The minimum Gasteiger partial charge on any atom is -0.306 e. The number of aryl methyl sites for hydroxylation is 1. The number of nitrogens with one attached hydrogen (secondary N) is 1. The molecule has 0 heterocycles. The third-order valence-corrected chi connectivity index (χ3v) is 3.87. The van der Waals surface area contributed by atoms with Crippen molar-refractivity contribution in [3.8, 4) is 0 Å². The molecule has 1 unspecified atom stereocenters. The summed E-state index contributed by atoms with van der Waals surface area (Å²) in [6.45, 7) is 4.98. The number of benzene rings is 2. The predicted molar refractivity (Wildman–Crippen MR) is 82.9 cm³/mol. The Kier molecular flexibility index (Phi) is 4.87. The Morgan fingerprint density at radius 3 is 2.58 bits per heavy atom. The van der Waals surface area contributed by atoms with Crippen LogP contribution < -0.4 is 5.32 Å². The predicted octanol–water partition coefficient (Wildman–Crippen LogP) is 5.15. The molecule has 0 aliphatic carbocycles. The zero-order valence-corrected chi connectivity index (χ0v) is 12.6. The van der Waals surface area contributed by atoms with E-state index >= 15 is 0 Å². The molecular formula is C16H17Cl2N. The summed E-state index contributed by atoms with van der Waals surface area (Å²) in [6.07, 6.45) is 0. The highest BCUT2D eigenvalue weighted by molar-refractivity contribution is 6.33. The van der Waals surface area contributed by atoms with Crippen molar-refractivity contribution in [2.75, 3.05) is 0 Å². The highest BCUT2D eigenvalue weighted by atomic mass is 35.5. The molecule has 0 bridgehead atoms. The fraction of sp³-hybridized carbons (Fsp3) is 0.250. The maximum atomic E-state index is 6.16. The van der Waals surface area contributed by atoms with Gasteiger partial charge >= 0.3 is 0 Å². The molecule has 2 aromatic carbocycles. The SMILES string of the molecule is Cc1ccccc1C(C)NCc1cc(Cl)ccc1Cl. The normalized spacial score (nSPS) is 12.4. The van der Waals surface area contributed by atoms with Crippen LogP contribution in [0.15, 0.2) is 42.5 Å². The molecule has 0 aliphatic heterocycles.